The smallest absolute Gasteiger partial charge is 0.0491 e. The molecule has 0 aromatic heterocycles. The summed E-state index contributed by atoms with van der Waals surface area (Å²) in [7, 11) is 0. The Bertz CT molecular complexity index is 161. The first kappa shape index (κ1) is 11.8. The number of thioether (sulfide) groups is 1. The SMILES string of the molecule is C=NC1=C(SC)CCCC1.CC. The van der Waals surface area contributed by atoms with Crippen LogP contribution in [0, 0.1) is 0 Å². The van der Waals surface area contributed by atoms with E-state index in [0.29, 0.717) is 0 Å². The molecule has 70 valence electrons. The molecule has 1 aliphatic carbocycles. The zero-order valence-electron chi connectivity index (χ0n) is 8.39. The molecule has 0 N–H and O–H groups in total. The molecule has 1 aliphatic rings. The van der Waals surface area contributed by atoms with Crippen LogP contribution in [-0.4, -0.2) is 13.0 Å². The molecule has 0 radical (unpaired) electrons. The normalized spacial score (nSPS) is 16.6. The Balaban J connectivity index is 0.000000561. The lowest BCUT2D eigenvalue weighted by molar-refractivity contribution is 0.690. The highest BCUT2D eigenvalue weighted by Crippen LogP contribution is 2.31. The lowest BCUT2D eigenvalue weighted by atomic mass is 10.1. The largest absolute Gasteiger partial charge is 0.268 e. The van der Waals surface area contributed by atoms with Gasteiger partial charge in [-0.15, -0.1) is 11.8 Å². The third-order valence-corrected chi connectivity index (χ3v) is 2.76. The van der Waals surface area contributed by atoms with Crippen molar-refractivity contribution in [2.75, 3.05) is 6.26 Å². The fraction of sp³-hybridized carbons (Fsp3) is 0.700. The number of hydrogen-bond donors (Lipinski definition) is 0. The summed E-state index contributed by atoms with van der Waals surface area (Å²) in [5.74, 6) is 0. The van der Waals surface area contributed by atoms with Crippen LogP contribution in [0.1, 0.15) is 39.5 Å². The first-order valence-electron chi connectivity index (χ1n) is 4.61. The van der Waals surface area contributed by atoms with Crippen molar-refractivity contribution in [3.63, 3.8) is 0 Å². The van der Waals surface area contributed by atoms with E-state index in [-0.39, 0.29) is 0 Å². The van der Waals surface area contributed by atoms with Crippen molar-refractivity contribution < 1.29 is 0 Å². The number of nitrogens with zero attached hydrogens (tertiary/aromatic N) is 1. The van der Waals surface area contributed by atoms with Gasteiger partial charge in [0, 0.05) is 10.6 Å². The molecule has 12 heavy (non-hydrogen) atoms. The Kier molecular flexibility index (Phi) is 7.26. The van der Waals surface area contributed by atoms with Crippen molar-refractivity contribution in [3.05, 3.63) is 10.6 Å². The summed E-state index contributed by atoms with van der Waals surface area (Å²) >= 11 is 1.82. The van der Waals surface area contributed by atoms with Crippen LogP contribution in [-0.2, 0) is 0 Å². The first-order chi connectivity index (χ1) is 5.88. The molecule has 0 fully saturated rings. The lowest BCUT2D eigenvalue weighted by Crippen LogP contribution is -1.94. The van der Waals surface area contributed by atoms with Crippen LogP contribution in [0.2, 0.25) is 0 Å². The van der Waals surface area contributed by atoms with Crippen LogP contribution >= 0.6 is 11.8 Å². The maximum Gasteiger partial charge on any atom is 0.0491 e. The van der Waals surface area contributed by atoms with Gasteiger partial charge in [-0.05, 0) is 38.7 Å². The van der Waals surface area contributed by atoms with Gasteiger partial charge in [-0.3, -0.25) is 4.99 Å². The third kappa shape index (κ3) is 3.44. The predicted molar refractivity (Wildman–Crippen MR) is 59.9 cm³/mol. The minimum absolute atomic E-state index is 1.14. The Morgan fingerprint density at radius 3 is 2.25 bits per heavy atom. The molecule has 0 aliphatic heterocycles. The zero-order chi connectivity index (χ0) is 9.40. The maximum atomic E-state index is 4.01. The summed E-state index contributed by atoms with van der Waals surface area (Å²) in [6.07, 6.45) is 7.09. The van der Waals surface area contributed by atoms with Gasteiger partial charge < -0.3 is 0 Å². The van der Waals surface area contributed by atoms with Gasteiger partial charge in [0.05, 0.1) is 0 Å². The molecule has 0 amide bonds. The topological polar surface area (TPSA) is 12.4 Å². The Hall–Kier alpha value is -0.240. The van der Waals surface area contributed by atoms with E-state index >= 15 is 0 Å². The highest BCUT2D eigenvalue weighted by molar-refractivity contribution is 8.02. The van der Waals surface area contributed by atoms with Gasteiger partial charge in [0.2, 0.25) is 0 Å². The van der Waals surface area contributed by atoms with Crippen LogP contribution in [0.3, 0.4) is 0 Å². The number of hydrogen-bond acceptors (Lipinski definition) is 2. The average Bonchev–Trinajstić information content (AvgIpc) is 2.20. The molecule has 2 heteroatoms. The minimum atomic E-state index is 1.14. The molecule has 1 nitrogen and oxygen atoms in total. The molecule has 0 spiro atoms. The van der Waals surface area contributed by atoms with E-state index < -0.39 is 0 Å². The lowest BCUT2D eigenvalue weighted by Gasteiger charge is -2.14. The van der Waals surface area contributed by atoms with Gasteiger partial charge in [0.1, 0.15) is 0 Å². The second-order valence-electron chi connectivity index (χ2n) is 2.44. The summed E-state index contributed by atoms with van der Waals surface area (Å²) < 4.78 is 0. The highest BCUT2D eigenvalue weighted by atomic mass is 32.2. The summed E-state index contributed by atoms with van der Waals surface area (Å²) in [6, 6.07) is 0. The molecule has 1 rings (SSSR count). The molecule has 0 aromatic carbocycles. The molecule has 0 saturated heterocycles. The number of rotatable bonds is 2. The molecule has 0 aromatic rings. The monoisotopic (exact) mass is 185 g/mol. The summed E-state index contributed by atoms with van der Waals surface area (Å²) in [6.45, 7) is 7.56. The fourth-order valence-corrected chi connectivity index (χ4v) is 2.00. The molecule has 0 unspecified atom stereocenters. The van der Waals surface area contributed by atoms with E-state index in [2.05, 4.69) is 18.0 Å². The number of allylic oxidation sites excluding steroid dienone is 2. The fourth-order valence-electron chi connectivity index (χ4n) is 1.25. The molecular weight excluding hydrogens is 166 g/mol. The second-order valence-corrected chi connectivity index (χ2v) is 3.34. The molecule has 0 heterocycles. The van der Waals surface area contributed by atoms with Crippen LogP contribution in [0.5, 0.6) is 0 Å². The van der Waals surface area contributed by atoms with E-state index in [1.54, 1.807) is 0 Å². The standard InChI is InChI=1S/C8H13NS.C2H6/c1-9-7-5-3-4-6-8(7)10-2;1-2/h1,3-6H2,2H3;1-2H3. The molecule has 0 saturated carbocycles. The van der Waals surface area contributed by atoms with Crippen molar-refractivity contribution in [3.8, 4) is 0 Å². The van der Waals surface area contributed by atoms with E-state index in [1.807, 2.05) is 25.6 Å². The molecular formula is C10H19NS. The van der Waals surface area contributed by atoms with E-state index in [9.17, 15) is 0 Å². The van der Waals surface area contributed by atoms with Crippen molar-refractivity contribution in [1.82, 2.24) is 0 Å². The van der Waals surface area contributed by atoms with E-state index in [4.69, 9.17) is 0 Å². The first-order valence-corrected chi connectivity index (χ1v) is 5.83. The summed E-state index contributed by atoms with van der Waals surface area (Å²) in [5, 5.41) is 0. The van der Waals surface area contributed by atoms with Crippen LogP contribution in [0.15, 0.2) is 15.6 Å². The van der Waals surface area contributed by atoms with Crippen molar-refractivity contribution >= 4 is 18.5 Å². The Morgan fingerprint density at radius 2 is 1.83 bits per heavy atom. The van der Waals surface area contributed by atoms with Crippen LogP contribution < -0.4 is 0 Å². The summed E-state index contributed by atoms with van der Waals surface area (Å²) in [4.78, 5) is 5.45. The van der Waals surface area contributed by atoms with Gasteiger partial charge in [-0.25, -0.2) is 0 Å². The Morgan fingerprint density at radius 1 is 1.25 bits per heavy atom. The van der Waals surface area contributed by atoms with E-state index in [1.165, 1.54) is 29.9 Å². The van der Waals surface area contributed by atoms with Gasteiger partial charge >= 0.3 is 0 Å². The maximum absolute atomic E-state index is 4.01. The quantitative estimate of drug-likeness (QED) is 0.595. The second kappa shape index (κ2) is 7.41. The Labute approximate surface area is 80.4 Å². The van der Waals surface area contributed by atoms with Gasteiger partial charge in [-0.2, -0.15) is 0 Å². The molecule has 0 atom stereocenters. The highest BCUT2D eigenvalue weighted by Gasteiger charge is 2.09. The van der Waals surface area contributed by atoms with Gasteiger partial charge in [-0.1, -0.05) is 13.8 Å². The van der Waals surface area contributed by atoms with Crippen molar-refractivity contribution in [2.45, 2.75) is 39.5 Å². The van der Waals surface area contributed by atoms with E-state index in [0.717, 1.165) is 6.42 Å². The van der Waals surface area contributed by atoms with Gasteiger partial charge in [0.25, 0.3) is 0 Å². The number of aliphatic imine (C=N–C) groups is 1. The van der Waals surface area contributed by atoms with Gasteiger partial charge in [0.15, 0.2) is 0 Å². The van der Waals surface area contributed by atoms with Crippen molar-refractivity contribution in [2.24, 2.45) is 4.99 Å². The van der Waals surface area contributed by atoms with Crippen molar-refractivity contribution in [1.29, 1.82) is 0 Å². The third-order valence-electron chi connectivity index (χ3n) is 1.83. The molecule has 0 bridgehead atoms. The zero-order valence-corrected chi connectivity index (χ0v) is 9.21. The minimum Gasteiger partial charge on any atom is -0.268 e. The predicted octanol–water partition coefficient (Wildman–Crippen LogP) is 3.86. The summed E-state index contributed by atoms with van der Waals surface area (Å²) in [5.41, 5.74) is 1.23. The van der Waals surface area contributed by atoms with Crippen LogP contribution in [0.25, 0.3) is 0 Å². The van der Waals surface area contributed by atoms with Crippen LogP contribution in [0.4, 0.5) is 0 Å². The average molecular weight is 185 g/mol.